The zero-order valence-electron chi connectivity index (χ0n) is 19.9. The third-order valence-electron chi connectivity index (χ3n) is 6.42. The van der Waals surface area contributed by atoms with E-state index in [0.29, 0.717) is 28.5 Å². The molecule has 6 rings (SSSR count). The number of anilines is 1. The highest BCUT2D eigenvalue weighted by Crippen LogP contribution is 2.31. The quantitative estimate of drug-likeness (QED) is 0.292. The van der Waals surface area contributed by atoms with Gasteiger partial charge in [-0.2, -0.15) is 0 Å². The van der Waals surface area contributed by atoms with Crippen LogP contribution in [0.5, 0.6) is 0 Å². The van der Waals surface area contributed by atoms with Gasteiger partial charge in [0.05, 0.1) is 24.9 Å². The highest BCUT2D eigenvalue weighted by Gasteiger charge is 2.44. The van der Waals surface area contributed by atoms with Gasteiger partial charge in [0.25, 0.3) is 11.8 Å². The zero-order chi connectivity index (χ0) is 26.2. The van der Waals surface area contributed by atoms with E-state index < -0.39 is 29.6 Å². The molecule has 38 heavy (non-hydrogen) atoms. The molecule has 3 aromatic carbocycles. The average Bonchev–Trinajstić information content (AvgIpc) is 3.67. The van der Waals surface area contributed by atoms with Crippen molar-refractivity contribution in [2.24, 2.45) is 0 Å². The molecule has 0 N–H and O–H groups in total. The highest BCUT2D eigenvalue weighted by molar-refractivity contribution is 6.23. The smallest absolute Gasteiger partial charge is 0.257 e. The molecule has 0 aliphatic carbocycles. The van der Waals surface area contributed by atoms with E-state index in [-0.39, 0.29) is 18.5 Å². The maximum absolute atomic E-state index is 13.5. The molecule has 0 spiro atoms. The summed E-state index contributed by atoms with van der Waals surface area (Å²) < 4.78 is 24.6. The number of hydrogen-bond acceptors (Lipinski definition) is 6. The predicted molar refractivity (Wildman–Crippen MR) is 135 cm³/mol. The summed E-state index contributed by atoms with van der Waals surface area (Å²) in [7, 11) is 0. The van der Waals surface area contributed by atoms with E-state index in [2.05, 4.69) is 4.98 Å². The minimum Gasteiger partial charge on any atom is -0.467 e. The molecule has 0 saturated carbocycles. The first kappa shape index (κ1) is 23.4. The number of imide groups is 1. The zero-order valence-corrected chi connectivity index (χ0v) is 19.9. The van der Waals surface area contributed by atoms with Gasteiger partial charge in [0.1, 0.15) is 23.1 Å². The SMILES string of the molecule is O=C1CC(N(Cc2ccco2)C(=O)c2ccc(F)cc2)C(=O)N1c1ccc(-c2nc3ccccc3o2)cc1. The Morgan fingerprint density at radius 1 is 0.974 bits per heavy atom. The number of benzene rings is 3. The second-order valence-corrected chi connectivity index (χ2v) is 8.84. The molecule has 1 saturated heterocycles. The van der Waals surface area contributed by atoms with Gasteiger partial charge >= 0.3 is 0 Å². The Labute approximate surface area is 215 Å². The monoisotopic (exact) mass is 509 g/mol. The number of oxazole rings is 1. The summed E-state index contributed by atoms with van der Waals surface area (Å²) in [6.07, 6.45) is 1.27. The number of fused-ring (bicyclic) bond motifs is 1. The van der Waals surface area contributed by atoms with Crippen LogP contribution >= 0.6 is 0 Å². The number of amides is 3. The topological polar surface area (TPSA) is 96.9 Å². The van der Waals surface area contributed by atoms with Crippen LogP contribution in [0.25, 0.3) is 22.6 Å². The van der Waals surface area contributed by atoms with Crippen LogP contribution in [0.15, 0.2) is 100 Å². The Kier molecular flexibility index (Phi) is 5.80. The summed E-state index contributed by atoms with van der Waals surface area (Å²) in [4.78, 5) is 46.8. The van der Waals surface area contributed by atoms with Gasteiger partial charge in [0.15, 0.2) is 5.58 Å². The van der Waals surface area contributed by atoms with E-state index in [4.69, 9.17) is 8.83 Å². The Morgan fingerprint density at radius 2 is 1.74 bits per heavy atom. The molecule has 2 aromatic heterocycles. The summed E-state index contributed by atoms with van der Waals surface area (Å²) in [6, 6.07) is 21.4. The number of furan rings is 1. The number of carbonyl (C=O) groups is 3. The van der Waals surface area contributed by atoms with E-state index in [1.807, 2.05) is 24.3 Å². The van der Waals surface area contributed by atoms with Crippen molar-refractivity contribution in [2.75, 3.05) is 4.90 Å². The van der Waals surface area contributed by atoms with Crippen molar-refractivity contribution in [3.05, 3.63) is 108 Å². The number of carbonyl (C=O) groups excluding carboxylic acids is 3. The summed E-state index contributed by atoms with van der Waals surface area (Å²) in [6.45, 7) is -0.0304. The van der Waals surface area contributed by atoms with E-state index in [0.717, 1.165) is 10.4 Å². The third-order valence-corrected chi connectivity index (χ3v) is 6.42. The fourth-order valence-corrected chi connectivity index (χ4v) is 4.53. The molecule has 188 valence electrons. The Balaban J connectivity index is 1.28. The minimum absolute atomic E-state index is 0.0304. The first-order valence-electron chi connectivity index (χ1n) is 11.9. The number of rotatable bonds is 6. The summed E-state index contributed by atoms with van der Waals surface area (Å²) in [5.41, 5.74) is 2.63. The summed E-state index contributed by atoms with van der Waals surface area (Å²) in [5.74, 6) is -1.11. The molecule has 0 bridgehead atoms. The van der Waals surface area contributed by atoms with Crippen LogP contribution in [0, 0.1) is 5.82 Å². The first-order chi connectivity index (χ1) is 18.5. The molecule has 3 heterocycles. The largest absolute Gasteiger partial charge is 0.467 e. The van der Waals surface area contributed by atoms with E-state index >= 15 is 0 Å². The van der Waals surface area contributed by atoms with Gasteiger partial charge in [-0.15, -0.1) is 0 Å². The van der Waals surface area contributed by atoms with Crippen molar-refractivity contribution in [3.8, 4) is 11.5 Å². The molecule has 3 amide bonds. The highest BCUT2D eigenvalue weighted by atomic mass is 19.1. The number of hydrogen-bond donors (Lipinski definition) is 0. The third kappa shape index (κ3) is 4.24. The normalized spacial score (nSPS) is 15.4. The Bertz CT molecular complexity index is 1610. The van der Waals surface area contributed by atoms with Crippen LogP contribution in [0.2, 0.25) is 0 Å². The van der Waals surface area contributed by atoms with Gasteiger partial charge in [-0.1, -0.05) is 12.1 Å². The lowest BCUT2D eigenvalue weighted by Crippen LogP contribution is -2.45. The molecule has 1 fully saturated rings. The minimum atomic E-state index is -1.05. The van der Waals surface area contributed by atoms with Crippen LogP contribution in [-0.4, -0.2) is 33.6 Å². The van der Waals surface area contributed by atoms with Crippen molar-refractivity contribution in [1.29, 1.82) is 0 Å². The van der Waals surface area contributed by atoms with E-state index in [9.17, 15) is 18.8 Å². The second kappa shape index (κ2) is 9.44. The van der Waals surface area contributed by atoms with Crippen LogP contribution in [-0.2, 0) is 16.1 Å². The number of para-hydroxylation sites is 2. The predicted octanol–water partition coefficient (Wildman–Crippen LogP) is 5.20. The van der Waals surface area contributed by atoms with Crippen LogP contribution in [0.4, 0.5) is 10.1 Å². The molecular formula is C29H20FN3O5. The van der Waals surface area contributed by atoms with Crippen molar-refractivity contribution in [2.45, 2.75) is 19.0 Å². The van der Waals surface area contributed by atoms with Crippen molar-refractivity contribution >= 4 is 34.5 Å². The summed E-state index contributed by atoms with van der Waals surface area (Å²) >= 11 is 0. The van der Waals surface area contributed by atoms with Gasteiger partial charge in [-0.25, -0.2) is 14.3 Å². The van der Waals surface area contributed by atoms with E-state index in [1.54, 1.807) is 36.4 Å². The molecule has 1 aliphatic rings. The first-order valence-corrected chi connectivity index (χ1v) is 11.9. The van der Waals surface area contributed by atoms with E-state index in [1.165, 1.54) is 35.4 Å². The van der Waals surface area contributed by atoms with Crippen molar-refractivity contribution in [1.82, 2.24) is 9.88 Å². The van der Waals surface area contributed by atoms with Crippen LogP contribution < -0.4 is 4.90 Å². The number of nitrogens with zero attached hydrogens (tertiary/aromatic N) is 3. The van der Waals surface area contributed by atoms with Gasteiger partial charge in [0.2, 0.25) is 11.8 Å². The van der Waals surface area contributed by atoms with Gasteiger partial charge in [-0.3, -0.25) is 14.4 Å². The lowest BCUT2D eigenvalue weighted by molar-refractivity contribution is -0.122. The van der Waals surface area contributed by atoms with Crippen LogP contribution in [0.1, 0.15) is 22.5 Å². The molecule has 8 nitrogen and oxygen atoms in total. The number of halogens is 1. The van der Waals surface area contributed by atoms with Gasteiger partial charge in [-0.05, 0) is 72.8 Å². The summed E-state index contributed by atoms with van der Waals surface area (Å²) in [5, 5.41) is 0. The van der Waals surface area contributed by atoms with Crippen molar-refractivity contribution < 1.29 is 27.6 Å². The van der Waals surface area contributed by atoms with Crippen molar-refractivity contribution in [3.63, 3.8) is 0 Å². The van der Waals surface area contributed by atoms with Crippen LogP contribution in [0.3, 0.4) is 0 Å². The number of aromatic nitrogens is 1. The molecule has 0 radical (unpaired) electrons. The maximum atomic E-state index is 13.5. The Morgan fingerprint density at radius 3 is 2.45 bits per heavy atom. The molecule has 1 unspecified atom stereocenters. The average molecular weight is 509 g/mol. The van der Waals surface area contributed by atoms with Gasteiger partial charge in [0, 0.05) is 11.1 Å². The molecule has 5 aromatic rings. The fourth-order valence-electron chi connectivity index (χ4n) is 4.53. The molecule has 1 atom stereocenters. The lowest BCUT2D eigenvalue weighted by atomic mass is 10.1. The second-order valence-electron chi connectivity index (χ2n) is 8.84. The molecular weight excluding hydrogens is 489 g/mol. The van der Waals surface area contributed by atoms with Gasteiger partial charge < -0.3 is 13.7 Å². The maximum Gasteiger partial charge on any atom is 0.257 e. The standard InChI is InChI=1S/C29H20FN3O5/c30-20-11-7-19(8-12-20)28(35)32(17-22-4-3-15-37-22)24-16-26(34)33(29(24)36)21-13-9-18(10-14-21)27-31-23-5-1-2-6-25(23)38-27/h1-15,24H,16-17H2. The molecule has 9 heteroatoms. The molecule has 1 aliphatic heterocycles. The Hall–Kier alpha value is -5.05. The fraction of sp³-hybridized carbons (Fsp3) is 0.103. The lowest BCUT2D eigenvalue weighted by Gasteiger charge is -2.27.